The lowest BCUT2D eigenvalue weighted by Gasteiger charge is -2.19. The molecule has 0 aromatic heterocycles. The number of hydrogen-bond donors (Lipinski definition) is 1. The number of rotatable bonds is 6. The first-order chi connectivity index (χ1) is 6.89. The first-order valence-electron chi connectivity index (χ1n) is 4.77. The fraction of sp³-hybridized carbons (Fsp3) is 0.889. The third-order valence-corrected chi connectivity index (χ3v) is 1.86. The highest BCUT2D eigenvalue weighted by molar-refractivity contribution is 4.89. The van der Waals surface area contributed by atoms with E-state index in [4.69, 9.17) is 5.26 Å². The zero-order valence-corrected chi connectivity index (χ0v) is 8.93. The van der Waals surface area contributed by atoms with Gasteiger partial charge in [-0.3, -0.25) is 4.90 Å². The quantitative estimate of drug-likeness (QED) is 0.739. The number of hydrogen-bond acceptors (Lipinski definition) is 3. The van der Waals surface area contributed by atoms with E-state index in [1.54, 1.807) is 0 Å². The maximum atomic E-state index is 11.9. The average Bonchev–Trinajstić information content (AvgIpc) is 2.09. The van der Waals surface area contributed by atoms with Crippen LogP contribution in [0.5, 0.6) is 0 Å². The summed E-state index contributed by atoms with van der Waals surface area (Å²) in [6.07, 6.45) is -3.77. The van der Waals surface area contributed by atoms with Crippen molar-refractivity contribution in [3.63, 3.8) is 0 Å². The van der Waals surface area contributed by atoms with Crippen LogP contribution in [0.15, 0.2) is 0 Å². The first kappa shape index (κ1) is 14.2. The van der Waals surface area contributed by atoms with Gasteiger partial charge < -0.3 is 5.32 Å². The van der Waals surface area contributed by atoms with Crippen molar-refractivity contribution in [2.24, 2.45) is 0 Å². The van der Waals surface area contributed by atoms with Crippen LogP contribution < -0.4 is 5.32 Å². The third kappa shape index (κ3) is 8.21. The molecule has 6 heteroatoms. The number of nitrogens with zero attached hydrogens (tertiary/aromatic N) is 2. The Balaban J connectivity index is 3.79. The minimum absolute atomic E-state index is 0.255. The van der Waals surface area contributed by atoms with Crippen molar-refractivity contribution < 1.29 is 13.2 Å². The minimum atomic E-state index is -4.17. The lowest BCUT2D eigenvalue weighted by atomic mass is 10.2. The van der Waals surface area contributed by atoms with E-state index < -0.39 is 12.7 Å². The summed E-state index contributed by atoms with van der Waals surface area (Å²) in [7, 11) is 1.40. The molecule has 0 spiro atoms. The summed E-state index contributed by atoms with van der Waals surface area (Å²) in [5, 5.41) is 11.5. The molecule has 0 heterocycles. The van der Waals surface area contributed by atoms with E-state index in [9.17, 15) is 13.2 Å². The van der Waals surface area contributed by atoms with Crippen molar-refractivity contribution in [1.82, 2.24) is 10.2 Å². The average molecular weight is 223 g/mol. The van der Waals surface area contributed by atoms with Crippen LogP contribution in [0, 0.1) is 11.3 Å². The molecule has 1 unspecified atom stereocenters. The molecule has 3 nitrogen and oxygen atoms in total. The van der Waals surface area contributed by atoms with E-state index in [1.807, 2.05) is 13.0 Å². The van der Waals surface area contributed by atoms with Gasteiger partial charge in [0.2, 0.25) is 0 Å². The molecule has 0 rings (SSSR count). The van der Waals surface area contributed by atoms with Crippen molar-refractivity contribution in [3.05, 3.63) is 0 Å². The Labute approximate surface area is 87.9 Å². The highest BCUT2D eigenvalue weighted by atomic mass is 19.4. The predicted molar refractivity (Wildman–Crippen MR) is 51.2 cm³/mol. The molecule has 0 amide bonds. The first-order valence-corrected chi connectivity index (χ1v) is 4.77. The molecule has 0 aromatic carbocycles. The summed E-state index contributed by atoms with van der Waals surface area (Å²) in [4.78, 5) is 1.17. The Kier molecular flexibility index (Phi) is 6.29. The smallest absolute Gasteiger partial charge is 0.302 e. The lowest BCUT2D eigenvalue weighted by Crippen LogP contribution is -2.36. The van der Waals surface area contributed by atoms with E-state index >= 15 is 0 Å². The number of alkyl halides is 3. The van der Waals surface area contributed by atoms with E-state index in [-0.39, 0.29) is 12.6 Å². The van der Waals surface area contributed by atoms with Crippen molar-refractivity contribution in [2.75, 3.05) is 26.7 Å². The van der Waals surface area contributed by atoms with Gasteiger partial charge in [0, 0.05) is 6.54 Å². The molecule has 88 valence electrons. The van der Waals surface area contributed by atoms with E-state index in [0.717, 1.165) is 0 Å². The summed E-state index contributed by atoms with van der Waals surface area (Å²) in [6.45, 7) is 1.81. The van der Waals surface area contributed by atoms with Crippen LogP contribution >= 0.6 is 0 Å². The second kappa shape index (κ2) is 6.64. The fourth-order valence-corrected chi connectivity index (χ4v) is 1.19. The fourth-order valence-electron chi connectivity index (χ4n) is 1.19. The third-order valence-electron chi connectivity index (χ3n) is 1.86. The Morgan fingerprint density at radius 2 is 2.07 bits per heavy atom. The van der Waals surface area contributed by atoms with Gasteiger partial charge in [-0.25, -0.2) is 0 Å². The molecule has 0 saturated carbocycles. The lowest BCUT2D eigenvalue weighted by molar-refractivity contribution is -0.143. The predicted octanol–water partition coefficient (Wildman–Crippen LogP) is 1.37. The summed E-state index contributed by atoms with van der Waals surface area (Å²) in [6, 6.07) is 1.63. The van der Waals surface area contributed by atoms with E-state index in [1.165, 1.54) is 11.9 Å². The molecule has 0 aliphatic heterocycles. The van der Waals surface area contributed by atoms with Gasteiger partial charge in [-0.05, 0) is 20.0 Å². The largest absolute Gasteiger partial charge is 0.401 e. The molecule has 1 N–H and O–H groups in total. The SMILES string of the molecule is CCNC(C#N)CCN(C)CC(F)(F)F. The van der Waals surface area contributed by atoms with E-state index in [0.29, 0.717) is 13.0 Å². The van der Waals surface area contributed by atoms with Gasteiger partial charge in [-0.1, -0.05) is 6.92 Å². The summed E-state index contributed by atoms with van der Waals surface area (Å²) >= 11 is 0. The summed E-state index contributed by atoms with van der Waals surface area (Å²) in [5.41, 5.74) is 0. The number of nitriles is 1. The number of halogens is 3. The van der Waals surface area contributed by atoms with Gasteiger partial charge in [-0.2, -0.15) is 18.4 Å². The highest BCUT2D eigenvalue weighted by Crippen LogP contribution is 2.15. The Morgan fingerprint density at radius 1 is 1.47 bits per heavy atom. The molecule has 0 aliphatic rings. The minimum Gasteiger partial charge on any atom is -0.302 e. The van der Waals surface area contributed by atoms with Gasteiger partial charge in [0.15, 0.2) is 0 Å². The molecule has 0 bridgehead atoms. The highest BCUT2D eigenvalue weighted by Gasteiger charge is 2.29. The van der Waals surface area contributed by atoms with Crippen molar-refractivity contribution in [1.29, 1.82) is 5.26 Å². The van der Waals surface area contributed by atoms with Gasteiger partial charge in [0.1, 0.15) is 0 Å². The van der Waals surface area contributed by atoms with Gasteiger partial charge >= 0.3 is 6.18 Å². The maximum Gasteiger partial charge on any atom is 0.401 e. The van der Waals surface area contributed by atoms with Gasteiger partial charge in [0.05, 0.1) is 18.7 Å². The zero-order chi connectivity index (χ0) is 11.9. The maximum absolute atomic E-state index is 11.9. The molecule has 0 saturated heterocycles. The van der Waals surface area contributed by atoms with Crippen molar-refractivity contribution >= 4 is 0 Å². The van der Waals surface area contributed by atoms with Crippen LogP contribution in [-0.4, -0.2) is 43.8 Å². The molecule has 1 atom stereocenters. The molecule has 15 heavy (non-hydrogen) atoms. The van der Waals surface area contributed by atoms with Crippen LogP contribution in [0.3, 0.4) is 0 Å². The zero-order valence-electron chi connectivity index (χ0n) is 8.93. The van der Waals surface area contributed by atoms with Crippen molar-refractivity contribution in [3.8, 4) is 6.07 Å². The standard InChI is InChI=1S/C9H16F3N3/c1-3-14-8(6-13)4-5-15(2)7-9(10,11)12/h8,14H,3-5,7H2,1-2H3. The van der Waals surface area contributed by atoms with E-state index in [2.05, 4.69) is 5.32 Å². The molecule has 0 fully saturated rings. The number of nitrogens with one attached hydrogen (secondary N) is 1. The Morgan fingerprint density at radius 3 is 2.47 bits per heavy atom. The van der Waals surface area contributed by atoms with Crippen LogP contribution in [0.25, 0.3) is 0 Å². The normalized spacial score (nSPS) is 13.9. The molecular formula is C9H16F3N3. The second-order valence-electron chi connectivity index (χ2n) is 3.38. The second-order valence-corrected chi connectivity index (χ2v) is 3.38. The van der Waals surface area contributed by atoms with Crippen LogP contribution in [0.2, 0.25) is 0 Å². The van der Waals surface area contributed by atoms with Crippen LogP contribution in [0.1, 0.15) is 13.3 Å². The molecule has 0 aromatic rings. The van der Waals surface area contributed by atoms with Gasteiger partial charge in [-0.15, -0.1) is 0 Å². The molecule has 0 aliphatic carbocycles. The molecular weight excluding hydrogens is 207 g/mol. The van der Waals surface area contributed by atoms with Crippen molar-refractivity contribution in [2.45, 2.75) is 25.6 Å². The van der Waals surface area contributed by atoms with Crippen LogP contribution in [0.4, 0.5) is 13.2 Å². The summed E-state index contributed by atoms with van der Waals surface area (Å²) in [5.74, 6) is 0. The van der Waals surface area contributed by atoms with Crippen LogP contribution in [-0.2, 0) is 0 Å². The monoisotopic (exact) mass is 223 g/mol. The Hall–Kier alpha value is -0.800. The topological polar surface area (TPSA) is 39.1 Å². The summed E-state index contributed by atoms with van der Waals surface area (Å²) < 4.78 is 35.8. The molecule has 0 radical (unpaired) electrons. The van der Waals surface area contributed by atoms with Gasteiger partial charge in [0.25, 0.3) is 0 Å². The Bertz CT molecular complexity index is 210.